The fraction of sp³-hybridized carbons (Fsp3) is 0.333. The highest BCUT2D eigenvalue weighted by atomic mass is 16.5. The number of carbonyl (C=O) groups excluding carboxylic acids is 2. The Labute approximate surface area is 177 Å². The number of hydrogen-bond acceptors (Lipinski definition) is 4. The molecule has 0 fully saturated rings. The lowest BCUT2D eigenvalue weighted by Gasteiger charge is -2.29. The number of esters is 1. The van der Waals surface area contributed by atoms with Crippen LogP contribution in [-0.2, 0) is 9.53 Å². The van der Waals surface area contributed by atoms with Crippen LogP contribution in [0.3, 0.4) is 0 Å². The van der Waals surface area contributed by atoms with Gasteiger partial charge in [0, 0.05) is 5.70 Å². The Hall–Kier alpha value is -3.28. The molecule has 2 amide bonds. The van der Waals surface area contributed by atoms with Crippen LogP contribution in [0.1, 0.15) is 49.4 Å². The fourth-order valence-corrected chi connectivity index (χ4v) is 3.62. The zero-order valence-electron chi connectivity index (χ0n) is 17.9. The standard InChI is InChI=1S/C24H28N2O4/c1-5-7-20-21(23(27)29-6-2)22(26-24(28)25-20)17-8-10-18(11-9-17)30-19-13-15(3)12-16(4)14-19/h8-14,22H,5-7H2,1-4H3,(H2,25,26,28). The number of benzene rings is 2. The van der Waals surface area contributed by atoms with Crippen molar-refractivity contribution in [3.63, 3.8) is 0 Å². The predicted molar refractivity (Wildman–Crippen MR) is 115 cm³/mol. The molecular formula is C24H28N2O4. The summed E-state index contributed by atoms with van der Waals surface area (Å²) in [5.74, 6) is 1.03. The molecule has 3 rings (SSSR count). The molecule has 1 aliphatic heterocycles. The molecule has 0 bridgehead atoms. The number of rotatable bonds is 7. The highest BCUT2D eigenvalue weighted by Gasteiger charge is 2.33. The SMILES string of the molecule is CCCC1=C(C(=O)OCC)C(c2ccc(Oc3cc(C)cc(C)c3)cc2)NC(=O)N1. The molecule has 1 unspecified atom stereocenters. The quantitative estimate of drug-likeness (QED) is 0.627. The van der Waals surface area contributed by atoms with Crippen molar-refractivity contribution in [3.05, 3.63) is 70.4 Å². The van der Waals surface area contributed by atoms with Crippen molar-refractivity contribution >= 4 is 12.0 Å². The van der Waals surface area contributed by atoms with Crippen LogP contribution in [-0.4, -0.2) is 18.6 Å². The number of ether oxygens (including phenoxy) is 2. The first-order valence-corrected chi connectivity index (χ1v) is 10.2. The Bertz CT molecular complexity index is 943. The van der Waals surface area contributed by atoms with Crippen LogP contribution in [0.15, 0.2) is 53.7 Å². The third-order valence-electron chi connectivity index (χ3n) is 4.79. The van der Waals surface area contributed by atoms with E-state index < -0.39 is 12.0 Å². The molecule has 158 valence electrons. The molecule has 30 heavy (non-hydrogen) atoms. The van der Waals surface area contributed by atoms with E-state index in [2.05, 4.69) is 16.7 Å². The summed E-state index contributed by atoms with van der Waals surface area (Å²) in [5, 5.41) is 5.61. The molecule has 0 aliphatic carbocycles. The van der Waals surface area contributed by atoms with Crippen LogP contribution in [0.2, 0.25) is 0 Å². The second-order valence-electron chi connectivity index (χ2n) is 7.39. The number of amides is 2. The summed E-state index contributed by atoms with van der Waals surface area (Å²) in [6.45, 7) is 8.09. The molecule has 1 atom stereocenters. The Morgan fingerprint density at radius 2 is 1.67 bits per heavy atom. The Kier molecular flexibility index (Phi) is 6.77. The van der Waals surface area contributed by atoms with Crippen LogP contribution in [0.5, 0.6) is 11.5 Å². The van der Waals surface area contributed by atoms with Gasteiger partial charge in [0.05, 0.1) is 18.2 Å². The molecule has 0 spiro atoms. The van der Waals surface area contributed by atoms with E-state index in [1.54, 1.807) is 6.92 Å². The molecule has 6 heteroatoms. The van der Waals surface area contributed by atoms with Gasteiger partial charge in [-0.25, -0.2) is 9.59 Å². The fourth-order valence-electron chi connectivity index (χ4n) is 3.62. The summed E-state index contributed by atoms with van der Waals surface area (Å²) in [7, 11) is 0. The largest absolute Gasteiger partial charge is 0.463 e. The van der Waals surface area contributed by atoms with Crippen molar-refractivity contribution in [2.75, 3.05) is 6.61 Å². The van der Waals surface area contributed by atoms with Crippen molar-refractivity contribution in [3.8, 4) is 11.5 Å². The van der Waals surface area contributed by atoms with Gasteiger partial charge in [0.25, 0.3) is 0 Å². The second-order valence-corrected chi connectivity index (χ2v) is 7.39. The Morgan fingerprint density at radius 1 is 1.00 bits per heavy atom. The highest BCUT2D eigenvalue weighted by Crippen LogP contribution is 2.31. The van der Waals surface area contributed by atoms with E-state index in [-0.39, 0.29) is 12.6 Å². The van der Waals surface area contributed by atoms with E-state index in [0.29, 0.717) is 23.4 Å². The van der Waals surface area contributed by atoms with Gasteiger partial charge in [0.1, 0.15) is 11.5 Å². The van der Waals surface area contributed by atoms with Gasteiger partial charge in [-0.15, -0.1) is 0 Å². The first-order chi connectivity index (χ1) is 14.4. The van der Waals surface area contributed by atoms with Crippen molar-refractivity contribution in [2.24, 2.45) is 0 Å². The monoisotopic (exact) mass is 408 g/mol. The number of urea groups is 1. The van der Waals surface area contributed by atoms with E-state index in [4.69, 9.17) is 9.47 Å². The first-order valence-electron chi connectivity index (χ1n) is 10.2. The van der Waals surface area contributed by atoms with Crippen LogP contribution in [0.25, 0.3) is 0 Å². The maximum atomic E-state index is 12.6. The van der Waals surface area contributed by atoms with Gasteiger partial charge >= 0.3 is 12.0 Å². The van der Waals surface area contributed by atoms with Gasteiger partial charge in [-0.2, -0.15) is 0 Å². The van der Waals surface area contributed by atoms with Gasteiger partial charge in [-0.3, -0.25) is 0 Å². The summed E-state index contributed by atoms with van der Waals surface area (Å²) in [6.07, 6.45) is 1.39. The highest BCUT2D eigenvalue weighted by molar-refractivity contribution is 5.95. The average molecular weight is 408 g/mol. The van der Waals surface area contributed by atoms with Crippen LogP contribution in [0, 0.1) is 13.8 Å². The molecule has 0 saturated heterocycles. The Morgan fingerprint density at radius 3 is 2.27 bits per heavy atom. The third-order valence-corrected chi connectivity index (χ3v) is 4.79. The van der Waals surface area contributed by atoms with Gasteiger partial charge in [-0.1, -0.05) is 31.5 Å². The van der Waals surface area contributed by atoms with Crippen molar-refractivity contribution in [2.45, 2.75) is 46.6 Å². The number of aryl methyl sites for hydroxylation is 2. The van der Waals surface area contributed by atoms with Gasteiger partial charge in [0.2, 0.25) is 0 Å². The number of carbonyl (C=O) groups is 2. The van der Waals surface area contributed by atoms with Crippen LogP contribution >= 0.6 is 0 Å². The maximum absolute atomic E-state index is 12.6. The van der Waals surface area contributed by atoms with Gasteiger partial charge in [-0.05, 0) is 68.1 Å². The molecule has 0 aromatic heterocycles. The lowest BCUT2D eigenvalue weighted by Crippen LogP contribution is -2.46. The maximum Gasteiger partial charge on any atom is 0.338 e. The van der Waals surface area contributed by atoms with Crippen LogP contribution in [0.4, 0.5) is 4.79 Å². The van der Waals surface area contributed by atoms with E-state index in [1.807, 2.05) is 57.2 Å². The molecule has 2 aromatic rings. The number of hydrogen-bond donors (Lipinski definition) is 2. The molecular weight excluding hydrogens is 380 g/mol. The zero-order valence-corrected chi connectivity index (χ0v) is 17.9. The molecule has 2 aromatic carbocycles. The van der Waals surface area contributed by atoms with Crippen molar-refractivity contribution in [1.82, 2.24) is 10.6 Å². The van der Waals surface area contributed by atoms with E-state index in [9.17, 15) is 9.59 Å². The normalized spacial score (nSPS) is 16.0. The minimum Gasteiger partial charge on any atom is -0.463 e. The molecule has 1 aliphatic rings. The molecule has 1 heterocycles. The molecule has 2 N–H and O–H groups in total. The van der Waals surface area contributed by atoms with Gasteiger partial charge < -0.3 is 20.1 Å². The molecule has 6 nitrogen and oxygen atoms in total. The summed E-state index contributed by atoms with van der Waals surface area (Å²) in [5.41, 5.74) is 4.11. The minimum absolute atomic E-state index is 0.269. The second kappa shape index (κ2) is 9.48. The summed E-state index contributed by atoms with van der Waals surface area (Å²) < 4.78 is 11.2. The summed E-state index contributed by atoms with van der Waals surface area (Å²) in [4.78, 5) is 24.8. The summed E-state index contributed by atoms with van der Waals surface area (Å²) >= 11 is 0. The van der Waals surface area contributed by atoms with Gasteiger partial charge in [0.15, 0.2) is 0 Å². The van der Waals surface area contributed by atoms with Crippen molar-refractivity contribution < 1.29 is 19.1 Å². The van der Waals surface area contributed by atoms with E-state index >= 15 is 0 Å². The average Bonchev–Trinajstić information content (AvgIpc) is 2.67. The van der Waals surface area contributed by atoms with Crippen LogP contribution < -0.4 is 15.4 Å². The molecule has 0 saturated carbocycles. The van der Waals surface area contributed by atoms with E-state index in [1.165, 1.54) is 0 Å². The molecule has 0 radical (unpaired) electrons. The Balaban J connectivity index is 1.89. The van der Waals surface area contributed by atoms with Crippen molar-refractivity contribution in [1.29, 1.82) is 0 Å². The smallest absolute Gasteiger partial charge is 0.338 e. The zero-order chi connectivity index (χ0) is 21.7. The topological polar surface area (TPSA) is 76.7 Å². The number of nitrogens with one attached hydrogen (secondary N) is 2. The first kappa shape index (κ1) is 21.4. The van der Waals surface area contributed by atoms with E-state index in [0.717, 1.165) is 28.9 Å². The lowest BCUT2D eigenvalue weighted by atomic mass is 9.94. The lowest BCUT2D eigenvalue weighted by molar-refractivity contribution is -0.139. The third kappa shape index (κ3) is 5.00. The number of allylic oxidation sites excluding steroid dienone is 1. The minimum atomic E-state index is -0.574. The summed E-state index contributed by atoms with van der Waals surface area (Å²) in [6, 6.07) is 12.5. The predicted octanol–water partition coefficient (Wildman–Crippen LogP) is 5.07.